The number of nitrogens with two attached hydrogens (primary N) is 1. The van der Waals surface area contributed by atoms with Crippen LogP contribution < -0.4 is 16.0 Å². The zero-order valence-corrected chi connectivity index (χ0v) is 20.6. The molecule has 1 fully saturated rings. The van der Waals surface area contributed by atoms with Crippen molar-refractivity contribution < 1.29 is 10.2 Å². The third-order valence-electron chi connectivity index (χ3n) is 6.40. The smallest absolute Gasteiger partial charge is 0.245 e. The van der Waals surface area contributed by atoms with E-state index in [4.69, 9.17) is 5.73 Å². The van der Waals surface area contributed by atoms with Crippen LogP contribution in [0.15, 0.2) is 30.5 Å². The SMILES string of the molecule is Cc1cc(-c2ccc(-c3cnc(N(C)C4CC(C)(C)NC(C)(C)C4)nn3)c(O)c2)nc(O)c1N. The number of nitrogens with zero attached hydrogens (tertiary/aromatic N) is 5. The quantitative estimate of drug-likeness (QED) is 0.457. The van der Waals surface area contributed by atoms with Crippen molar-refractivity contribution in [2.45, 2.75) is 64.6 Å². The molecule has 3 heterocycles. The van der Waals surface area contributed by atoms with Gasteiger partial charge in [-0.2, -0.15) is 0 Å². The van der Waals surface area contributed by atoms with Crippen molar-refractivity contribution in [1.29, 1.82) is 0 Å². The van der Waals surface area contributed by atoms with Crippen LogP contribution >= 0.6 is 0 Å². The van der Waals surface area contributed by atoms with Gasteiger partial charge in [0.25, 0.3) is 0 Å². The zero-order valence-electron chi connectivity index (χ0n) is 20.6. The number of piperidine rings is 1. The first-order valence-electron chi connectivity index (χ1n) is 11.4. The number of pyridine rings is 1. The molecule has 0 amide bonds. The summed E-state index contributed by atoms with van der Waals surface area (Å²) in [5, 5.41) is 33.0. The lowest BCUT2D eigenvalue weighted by Crippen LogP contribution is -2.62. The highest BCUT2D eigenvalue weighted by atomic mass is 16.3. The maximum Gasteiger partial charge on any atom is 0.245 e. The number of hydrogen-bond donors (Lipinski definition) is 4. The van der Waals surface area contributed by atoms with E-state index < -0.39 is 0 Å². The number of hydrogen-bond acceptors (Lipinski definition) is 9. The number of nitrogens with one attached hydrogen (secondary N) is 1. The fraction of sp³-hybridized carbons (Fsp3) is 0.440. The van der Waals surface area contributed by atoms with Crippen LogP contribution in [0.4, 0.5) is 11.6 Å². The van der Waals surface area contributed by atoms with Gasteiger partial charge in [-0.3, -0.25) is 0 Å². The van der Waals surface area contributed by atoms with Crippen LogP contribution in [0.5, 0.6) is 11.6 Å². The van der Waals surface area contributed by atoms with Crippen LogP contribution in [0.2, 0.25) is 0 Å². The largest absolute Gasteiger partial charge is 0.507 e. The van der Waals surface area contributed by atoms with Gasteiger partial charge in [-0.05, 0) is 71.2 Å². The molecule has 0 saturated carbocycles. The van der Waals surface area contributed by atoms with Crippen LogP contribution in [-0.4, -0.2) is 54.5 Å². The molecule has 0 aliphatic carbocycles. The number of aromatic hydroxyl groups is 2. The summed E-state index contributed by atoms with van der Waals surface area (Å²) in [5.74, 6) is 0.344. The summed E-state index contributed by atoms with van der Waals surface area (Å²) in [6, 6.07) is 7.15. The molecule has 0 radical (unpaired) electrons. The Balaban J connectivity index is 1.56. The summed E-state index contributed by atoms with van der Waals surface area (Å²) in [7, 11) is 2.00. The lowest BCUT2D eigenvalue weighted by molar-refractivity contribution is 0.160. The van der Waals surface area contributed by atoms with Gasteiger partial charge in [-0.1, -0.05) is 6.07 Å². The minimum Gasteiger partial charge on any atom is -0.507 e. The van der Waals surface area contributed by atoms with Crippen LogP contribution in [0.3, 0.4) is 0 Å². The second-order valence-electron chi connectivity index (χ2n) is 10.5. The minimum atomic E-state index is -0.228. The molecule has 34 heavy (non-hydrogen) atoms. The van der Waals surface area contributed by atoms with Gasteiger partial charge in [0.2, 0.25) is 11.8 Å². The average molecular weight is 464 g/mol. The van der Waals surface area contributed by atoms with Gasteiger partial charge in [0.1, 0.15) is 11.4 Å². The molecule has 9 nitrogen and oxygen atoms in total. The minimum absolute atomic E-state index is 0.0102. The van der Waals surface area contributed by atoms with E-state index in [0.29, 0.717) is 34.0 Å². The standard InChI is InChI=1S/C25H33N7O2/c1-14-9-18(28-22(34)21(14)26)15-7-8-17(20(33)10-15)19-13-27-23(30-29-19)32(6)16-11-24(2,3)31-25(4,5)12-16/h7-10,13,16,31,33H,11-12,26H2,1-6H3,(H,28,34). The van der Waals surface area contributed by atoms with E-state index in [2.05, 4.69) is 58.1 Å². The van der Waals surface area contributed by atoms with Crippen molar-refractivity contribution >= 4 is 11.6 Å². The van der Waals surface area contributed by atoms with E-state index in [0.717, 1.165) is 12.8 Å². The molecule has 1 aliphatic heterocycles. The van der Waals surface area contributed by atoms with E-state index in [9.17, 15) is 10.2 Å². The maximum absolute atomic E-state index is 10.7. The summed E-state index contributed by atoms with van der Waals surface area (Å²) < 4.78 is 0. The number of aromatic nitrogens is 4. The Morgan fingerprint density at radius 2 is 1.71 bits per heavy atom. The first kappa shape index (κ1) is 23.7. The summed E-state index contributed by atoms with van der Waals surface area (Å²) >= 11 is 0. The number of nitrogen functional groups attached to an aromatic ring is 1. The number of phenolic OH excluding ortho intramolecular Hbond substituents is 1. The Bertz CT molecular complexity index is 1170. The van der Waals surface area contributed by atoms with Crippen molar-refractivity contribution in [2.24, 2.45) is 0 Å². The van der Waals surface area contributed by atoms with Gasteiger partial charge in [0.15, 0.2) is 0 Å². The predicted octanol–water partition coefficient (Wildman–Crippen LogP) is 3.65. The molecule has 1 saturated heterocycles. The number of aryl methyl sites for hydroxylation is 1. The van der Waals surface area contributed by atoms with Gasteiger partial charge in [-0.15, -0.1) is 10.2 Å². The molecule has 4 rings (SSSR count). The fourth-order valence-electron chi connectivity index (χ4n) is 4.98. The molecule has 0 spiro atoms. The van der Waals surface area contributed by atoms with Crippen molar-refractivity contribution in [3.63, 3.8) is 0 Å². The topological polar surface area (TPSA) is 133 Å². The molecule has 2 aromatic heterocycles. The highest BCUT2D eigenvalue weighted by Gasteiger charge is 2.39. The van der Waals surface area contributed by atoms with Crippen molar-refractivity contribution in [2.75, 3.05) is 17.7 Å². The summed E-state index contributed by atoms with van der Waals surface area (Å²) in [6.45, 7) is 10.6. The van der Waals surface area contributed by atoms with E-state index in [-0.39, 0.29) is 34.4 Å². The third-order valence-corrected chi connectivity index (χ3v) is 6.40. The highest BCUT2D eigenvalue weighted by Crippen LogP contribution is 2.35. The van der Waals surface area contributed by atoms with Crippen molar-refractivity contribution in [1.82, 2.24) is 25.5 Å². The van der Waals surface area contributed by atoms with Crippen LogP contribution in [0, 0.1) is 6.92 Å². The normalized spacial score (nSPS) is 17.5. The van der Waals surface area contributed by atoms with E-state index in [1.54, 1.807) is 37.4 Å². The molecular formula is C25H33N7O2. The Labute approximate surface area is 200 Å². The zero-order chi connectivity index (χ0) is 24.8. The number of rotatable bonds is 4. The van der Waals surface area contributed by atoms with Gasteiger partial charge in [-0.25, -0.2) is 9.97 Å². The average Bonchev–Trinajstić information content (AvgIpc) is 2.74. The molecule has 0 atom stereocenters. The first-order valence-corrected chi connectivity index (χ1v) is 11.4. The third kappa shape index (κ3) is 4.75. The summed E-state index contributed by atoms with van der Waals surface area (Å²) in [5.41, 5.74) is 8.89. The van der Waals surface area contributed by atoms with Crippen molar-refractivity contribution in [3.05, 3.63) is 36.0 Å². The Morgan fingerprint density at radius 3 is 2.26 bits per heavy atom. The molecule has 1 aromatic carbocycles. The lowest BCUT2D eigenvalue weighted by Gasteiger charge is -2.48. The summed E-state index contributed by atoms with van der Waals surface area (Å²) in [4.78, 5) is 10.7. The Morgan fingerprint density at radius 1 is 1.03 bits per heavy atom. The molecular weight excluding hydrogens is 430 g/mol. The monoisotopic (exact) mass is 463 g/mol. The number of anilines is 2. The number of benzene rings is 1. The van der Waals surface area contributed by atoms with E-state index >= 15 is 0 Å². The van der Waals surface area contributed by atoms with Crippen LogP contribution in [0.1, 0.15) is 46.1 Å². The van der Waals surface area contributed by atoms with Crippen molar-refractivity contribution in [3.8, 4) is 34.1 Å². The van der Waals surface area contributed by atoms with Gasteiger partial charge < -0.3 is 26.2 Å². The van der Waals surface area contributed by atoms with Crippen LogP contribution in [-0.2, 0) is 0 Å². The maximum atomic E-state index is 10.7. The second kappa shape index (κ2) is 8.39. The lowest BCUT2D eigenvalue weighted by atomic mass is 9.79. The molecule has 180 valence electrons. The molecule has 1 aliphatic rings. The Hall–Kier alpha value is -3.46. The van der Waals surface area contributed by atoms with Gasteiger partial charge in [0, 0.05) is 35.3 Å². The van der Waals surface area contributed by atoms with Gasteiger partial charge >= 0.3 is 0 Å². The van der Waals surface area contributed by atoms with E-state index in [1.807, 2.05) is 7.05 Å². The molecule has 0 unspecified atom stereocenters. The molecule has 0 bridgehead atoms. The fourth-order valence-corrected chi connectivity index (χ4v) is 4.98. The van der Waals surface area contributed by atoms with E-state index in [1.165, 1.54) is 0 Å². The van der Waals surface area contributed by atoms with Gasteiger partial charge in [0.05, 0.1) is 17.6 Å². The predicted molar refractivity (Wildman–Crippen MR) is 134 cm³/mol. The highest BCUT2D eigenvalue weighted by molar-refractivity contribution is 5.74. The molecule has 9 heteroatoms. The molecule has 5 N–H and O–H groups in total. The number of phenols is 1. The summed E-state index contributed by atoms with van der Waals surface area (Å²) in [6.07, 6.45) is 3.56. The second-order valence-corrected chi connectivity index (χ2v) is 10.5. The van der Waals surface area contributed by atoms with Crippen LogP contribution in [0.25, 0.3) is 22.5 Å². The molecule has 3 aromatic rings. The Kier molecular flexibility index (Phi) is 5.85. The first-order chi connectivity index (χ1) is 15.8.